The molecule has 7 heteroatoms. The maximum atomic E-state index is 14.0. The Hall–Kier alpha value is -1.47. The molecule has 0 spiro atoms. The first-order valence-electron chi connectivity index (χ1n) is 6.92. The van der Waals surface area contributed by atoms with Crippen molar-refractivity contribution in [1.29, 1.82) is 0 Å². The normalized spacial score (nSPS) is 20.4. The zero-order valence-electron chi connectivity index (χ0n) is 11.8. The third-order valence-corrected chi connectivity index (χ3v) is 5.79. The highest BCUT2D eigenvalue weighted by Gasteiger charge is 2.34. The van der Waals surface area contributed by atoms with Crippen molar-refractivity contribution in [3.05, 3.63) is 29.6 Å². The van der Waals surface area contributed by atoms with Crippen molar-refractivity contribution in [2.45, 2.75) is 43.5 Å². The van der Waals surface area contributed by atoms with Crippen LogP contribution in [-0.4, -0.2) is 36.4 Å². The van der Waals surface area contributed by atoms with Gasteiger partial charge in [-0.1, -0.05) is 13.3 Å². The van der Waals surface area contributed by atoms with E-state index in [0.29, 0.717) is 13.0 Å². The number of benzene rings is 1. The molecule has 0 saturated carbocycles. The van der Waals surface area contributed by atoms with E-state index in [1.165, 1.54) is 4.31 Å². The van der Waals surface area contributed by atoms with Crippen LogP contribution < -0.4 is 0 Å². The Balaban J connectivity index is 2.41. The van der Waals surface area contributed by atoms with Gasteiger partial charge in [-0.05, 0) is 37.5 Å². The van der Waals surface area contributed by atoms with Crippen LogP contribution in [0.2, 0.25) is 0 Å². The van der Waals surface area contributed by atoms with Crippen molar-refractivity contribution in [2.24, 2.45) is 0 Å². The molecule has 1 N–H and O–H groups in total. The molecule has 1 saturated heterocycles. The molecule has 1 fully saturated rings. The van der Waals surface area contributed by atoms with Crippen LogP contribution in [0.25, 0.3) is 0 Å². The van der Waals surface area contributed by atoms with Crippen LogP contribution in [0, 0.1) is 5.82 Å². The molecule has 1 atom stereocenters. The first-order valence-corrected chi connectivity index (χ1v) is 8.36. The van der Waals surface area contributed by atoms with Crippen molar-refractivity contribution >= 4 is 16.0 Å². The van der Waals surface area contributed by atoms with Crippen molar-refractivity contribution < 1.29 is 22.7 Å². The van der Waals surface area contributed by atoms with Gasteiger partial charge in [0.15, 0.2) is 0 Å². The maximum absolute atomic E-state index is 14.0. The standard InChI is InChI=1S/C14H18FNO4S/c1-2-11-5-3-4-8-16(11)21(19,20)13-7-6-10(14(17)18)9-12(13)15/h6-7,9,11H,2-5,8H2,1H3,(H,17,18). The number of piperidine rings is 1. The number of carboxylic acids is 1. The summed E-state index contributed by atoms with van der Waals surface area (Å²) in [4.78, 5) is 10.3. The summed E-state index contributed by atoms with van der Waals surface area (Å²) in [5, 5.41) is 8.81. The van der Waals surface area contributed by atoms with E-state index in [-0.39, 0.29) is 11.6 Å². The summed E-state index contributed by atoms with van der Waals surface area (Å²) in [6, 6.07) is 2.78. The Morgan fingerprint density at radius 2 is 2.14 bits per heavy atom. The average Bonchev–Trinajstić information content (AvgIpc) is 2.46. The number of nitrogens with zero attached hydrogens (tertiary/aromatic N) is 1. The molecule has 0 aromatic heterocycles. The number of carboxylic acid groups (broad SMARTS) is 1. The highest BCUT2D eigenvalue weighted by Crippen LogP contribution is 2.28. The van der Waals surface area contributed by atoms with Gasteiger partial charge in [0, 0.05) is 12.6 Å². The Bertz CT molecular complexity index is 644. The molecule has 1 heterocycles. The van der Waals surface area contributed by atoms with Crippen molar-refractivity contribution in [3.63, 3.8) is 0 Å². The van der Waals surface area contributed by atoms with E-state index in [0.717, 1.165) is 37.5 Å². The number of hydrogen-bond acceptors (Lipinski definition) is 3. The molecule has 1 aromatic rings. The van der Waals surface area contributed by atoms with E-state index in [2.05, 4.69) is 0 Å². The number of aromatic carboxylic acids is 1. The third-order valence-electron chi connectivity index (χ3n) is 3.81. The Morgan fingerprint density at radius 1 is 1.43 bits per heavy atom. The Kier molecular flexibility index (Phi) is 4.63. The fraction of sp³-hybridized carbons (Fsp3) is 0.500. The van der Waals surface area contributed by atoms with Crippen LogP contribution >= 0.6 is 0 Å². The second kappa shape index (κ2) is 6.11. The van der Waals surface area contributed by atoms with E-state index in [4.69, 9.17) is 5.11 Å². The molecule has 0 amide bonds. The smallest absolute Gasteiger partial charge is 0.335 e. The first-order chi connectivity index (χ1) is 9.87. The van der Waals surface area contributed by atoms with Gasteiger partial charge in [-0.3, -0.25) is 0 Å². The van der Waals surface area contributed by atoms with E-state index >= 15 is 0 Å². The first kappa shape index (κ1) is 15.9. The second-order valence-electron chi connectivity index (χ2n) is 5.12. The van der Waals surface area contributed by atoms with Gasteiger partial charge in [0.05, 0.1) is 5.56 Å². The van der Waals surface area contributed by atoms with E-state index in [1.807, 2.05) is 6.92 Å². The molecule has 1 unspecified atom stereocenters. The Morgan fingerprint density at radius 3 is 2.71 bits per heavy atom. The van der Waals surface area contributed by atoms with E-state index in [9.17, 15) is 17.6 Å². The predicted molar refractivity (Wildman–Crippen MR) is 75.2 cm³/mol. The lowest BCUT2D eigenvalue weighted by molar-refractivity contribution is 0.0696. The minimum Gasteiger partial charge on any atom is -0.478 e. The van der Waals surface area contributed by atoms with Gasteiger partial charge in [0.25, 0.3) is 0 Å². The molecule has 116 valence electrons. The molecule has 1 aromatic carbocycles. The number of hydrogen-bond donors (Lipinski definition) is 1. The highest BCUT2D eigenvalue weighted by molar-refractivity contribution is 7.89. The molecule has 1 aliphatic rings. The van der Waals surface area contributed by atoms with Gasteiger partial charge in [-0.15, -0.1) is 0 Å². The quantitative estimate of drug-likeness (QED) is 0.926. The minimum atomic E-state index is -3.93. The molecule has 21 heavy (non-hydrogen) atoms. The van der Waals surface area contributed by atoms with Gasteiger partial charge in [0.1, 0.15) is 10.7 Å². The van der Waals surface area contributed by atoms with Crippen molar-refractivity contribution in [1.82, 2.24) is 4.31 Å². The lowest BCUT2D eigenvalue weighted by Crippen LogP contribution is -2.43. The summed E-state index contributed by atoms with van der Waals surface area (Å²) in [7, 11) is -3.93. The molecule has 1 aliphatic heterocycles. The predicted octanol–water partition coefficient (Wildman–Crippen LogP) is 2.48. The van der Waals surface area contributed by atoms with Gasteiger partial charge < -0.3 is 5.11 Å². The molecule has 2 rings (SSSR count). The van der Waals surface area contributed by atoms with Crippen molar-refractivity contribution in [3.8, 4) is 0 Å². The zero-order chi connectivity index (χ0) is 15.6. The molecule has 5 nitrogen and oxygen atoms in total. The average molecular weight is 315 g/mol. The van der Waals surface area contributed by atoms with Gasteiger partial charge in [-0.2, -0.15) is 4.31 Å². The van der Waals surface area contributed by atoms with Crippen LogP contribution in [0.15, 0.2) is 23.1 Å². The number of rotatable bonds is 4. The summed E-state index contributed by atoms with van der Waals surface area (Å²) >= 11 is 0. The monoisotopic (exact) mass is 315 g/mol. The molecular weight excluding hydrogens is 297 g/mol. The van der Waals surface area contributed by atoms with Gasteiger partial charge in [0.2, 0.25) is 10.0 Å². The summed E-state index contributed by atoms with van der Waals surface area (Å²) in [6.45, 7) is 2.28. The summed E-state index contributed by atoms with van der Waals surface area (Å²) in [6.07, 6.45) is 3.16. The SMILES string of the molecule is CCC1CCCCN1S(=O)(=O)c1ccc(C(=O)O)cc1F. The lowest BCUT2D eigenvalue weighted by atomic mass is 10.0. The van der Waals surface area contributed by atoms with Crippen molar-refractivity contribution in [2.75, 3.05) is 6.54 Å². The topological polar surface area (TPSA) is 74.7 Å². The summed E-state index contributed by atoms with van der Waals surface area (Å²) in [5.74, 6) is -2.31. The van der Waals surface area contributed by atoms with Gasteiger partial charge in [-0.25, -0.2) is 17.6 Å². The lowest BCUT2D eigenvalue weighted by Gasteiger charge is -2.34. The largest absolute Gasteiger partial charge is 0.478 e. The molecule has 0 aliphatic carbocycles. The fourth-order valence-corrected chi connectivity index (χ4v) is 4.48. The Labute approximate surface area is 123 Å². The molecular formula is C14H18FNO4S. The summed E-state index contributed by atoms with van der Waals surface area (Å²) < 4.78 is 40.6. The number of sulfonamides is 1. The molecule has 0 radical (unpaired) electrons. The third kappa shape index (κ3) is 3.08. The van der Waals surface area contributed by atoms with Crippen LogP contribution in [0.1, 0.15) is 43.0 Å². The van der Waals surface area contributed by atoms with Crippen LogP contribution in [-0.2, 0) is 10.0 Å². The zero-order valence-corrected chi connectivity index (χ0v) is 12.6. The maximum Gasteiger partial charge on any atom is 0.335 e. The van der Waals surface area contributed by atoms with Crippen LogP contribution in [0.4, 0.5) is 4.39 Å². The number of carbonyl (C=O) groups is 1. The molecule has 0 bridgehead atoms. The van der Waals surface area contributed by atoms with Gasteiger partial charge >= 0.3 is 5.97 Å². The minimum absolute atomic E-state index is 0.123. The van der Waals surface area contributed by atoms with Crippen LogP contribution in [0.5, 0.6) is 0 Å². The number of halogens is 1. The summed E-state index contributed by atoms with van der Waals surface area (Å²) in [5.41, 5.74) is -0.267. The van der Waals surface area contributed by atoms with E-state index < -0.39 is 26.7 Å². The van der Waals surface area contributed by atoms with Crippen LogP contribution in [0.3, 0.4) is 0 Å². The van der Waals surface area contributed by atoms with E-state index in [1.54, 1.807) is 0 Å². The fourth-order valence-electron chi connectivity index (χ4n) is 2.67. The highest BCUT2D eigenvalue weighted by atomic mass is 32.2. The second-order valence-corrected chi connectivity index (χ2v) is 6.98.